The smallest absolute Gasteiger partial charge is 0.149 e. The zero-order valence-corrected chi connectivity index (χ0v) is 11.6. The Morgan fingerprint density at radius 3 is 2.94 bits per heavy atom. The average molecular weight is 248 g/mol. The van der Waals surface area contributed by atoms with E-state index in [1.165, 1.54) is 19.5 Å². The minimum absolute atomic E-state index is 0.651. The number of hydrogen-bond donors (Lipinski definition) is 2. The van der Waals surface area contributed by atoms with Crippen molar-refractivity contribution in [3.05, 3.63) is 17.8 Å². The largest absolute Gasteiger partial charge is 0.396 e. The van der Waals surface area contributed by atoms with Crippen molar-refractivity contribution >= 4 is 11.5 Å². The van der Waals surface area contributed by atoms with E-state index in [0.29, 0.717) is 12.0 Å². The van der Waals surface area contributed by atoms with Gasteiger partial charge < -0.3 is 16.0 Å². The summed E-state index contributed by atoms with van der Waals surface area (Å²) < 4.78 is 0. The number of likely N-dealkylation sites (tertiary alicyclic amines) is 1. The molecule has 2 heterocycles. The van der Waals surface area contributed by atoms with Gasteiger partial charge in [0.15, 0.2) is 0 Å². The van der Waals surface area contributed by atoms with Crippen LogP contribution in [0.1, 0.15) is 25.8 Å². The van der Waals surface area contributed by atoms with E-state index in [9.17, 15) is 0 Å². The molecule has 0 amide bonds. The molecule has 1 aliphatic heterocycles. The van der Waals surface area contributed by atoms with Gasteiger partial charge in [-0.3, -0.25) is 0 Å². The van der Waals surface area contributed by atoms with Crippen LogP contribution >= 0.6 is 0 Å². The molecule has 1 unspecified atom stereocenters. The number of pyridine rings is 1. The lowest BCUT2D eigenvalue weighted by molar-refractivity contribution is 0.266. The maximum atomic E-state index is 5.95. The zero-order chi connectivity index (χ0) is 13.1. The number of aryl methyl sites for hydroxylation is 1. The highest BCUT2D eigenvalue weighted by Gasteiger charge is 2.23. The Kier molecular flexibility index (Phi) is 4.07. The lowest BCUT2D eigenvalue weighted by Crippen LogP contribution is -2.29. The molecule has 0 saturated carbocycles. The number of anilines is 2. The summed E-state index contributed by atoms with van der Waals surface area (Å²) in [6.45, 7) is 9.87. The predicted octanol–water partition coefficient (Wildman–Crippen LogP) is 2.11. The SMILES string of the molecule is Cc1cnc(NCC2CCN(C(C)C)C2)c(N)c1. The van der Waals surface area contributed by atoms with Gasteiger partial charge in [0.05, 0.1) is 5.69 Å². The third kappa shape index (κ3) is 3.13. The summed E-state index contributed by atoms with van der Waals surface area (Å²) in [5.74, 6) is 1.53. The highest BCUT2D eigenvalue weighted by Crippen LogP contribution is 2.21. The number of aromatic nitrogens is 1. The fraction of sp³-hybridized carbons (Fsp3) is 0.643. The fourth-order valence-corrected chi connectivity index (χ4v) is 2.48. The molecule has 0 aliphatic carbocycles. The summed E-state index contributed by atoms with van der Waals surface area (Å²) in [4.78, 5) is 6.87. The molecule has 1 atom stereocenters. The van der Waals surface area contributed by atoms with E-state index in [0.717, 1.165) is 23.6 Å². The second kappa shape index (κ2) is 5.57. The van der Waals surface area contributed by atoms with Crippen LogP contribution in [0.2, 0.25) is 0 Å². The lowest BCUT2D eigenvalue weighted by Gasteiger charge is -2.20. The highest BCUT2D eigenvalue weighted by molar-refractivity contribution is 5.61. The number of hydrogen-bond acceptors (Lipinski definition) is 4. The molecular formula is C14H24N4. The van der Waals surface area contributed by atoms with E-state index in [2.05, 4.69) is 29.0 Å². The standard InChI is InChI=1S/C14H24N4/c1-10(2)18-5-4-12(9-18)8-17-14-13(15)6-11(3)7-16-14/h6-7,10,12H,4-5,8-9,15H2,1-3H3,(H,16,17). The maximum absolute atomic E-state index is 5.95. The van der Waals surface area contributed by atoms with Crippen LogP contribution in [0.25, 0.3) is 0 Å². The van der Waals surface area contributed by atoms with E-state index in [-0.39, 0.29) is 0 Å². The predicted molar refractivity (Wildman–Crippen MR) is 76.7 cm³/mol. The molecule has 0 radical (unpaired) electrons. The first kappa shape index (κ1) is 13.1. The summed E-state index contributed by atoms with van der Waals surface area (Å²) in [6.07, 6.45) is 3.12. The van der Waals surface area contributed by atoms with Crippen molar-refractivity contribution in [2.45, 2.75) is 33.2 Å². The third-order valence-electron chi connectivity index (χ3n) is 3.66. The van der Waals surface area contributed by atoms with Gasteiger partial charge >= 0.3 is 0 Å². The fourth-order valence-electron chi connectivity index (χ4n) is 2.48. The van der Waals surface area contributed by atoms with Gasteiger partial charge in [-0.1, -0.05) is 0 Å². The topological polar surface area (TPSA) is 54.2 Å². The van der Waals surface area contributed by atoms with Crippen molar-refractivity contribution < 1.29 is 0 Å². The molecule has 2 rings (SSSR count). The van der Waals surface area contributed by atoms with Crippen LogP contribution < -0.4 is 11.1 Å². The van der Waals surface area contributed by atoms with Crippen LogP contribution in [-0.4, -0.2) is 35.6 Å². The van der Waals surface area contributed by atoms with E-state index in [1.54, 1.807) is 0 Å². The Hall–Kier alpha value is -1.29. The molecule has 4 heteroatoms. The number of nitrogens with one attached hydrogen (secondary N) is 1. The number of nitrogens with zero attached hydrogens (tertiary/aromatic N) is 2. The minimum atomic E-state index is 0.651. The van der Waals surface area contributed by atoms with Crippen molar-refractivity contribution in [1.29, 1.82) is 0 Å². The summed E-state index contributed by atoms with van der Waals surface area (Å²) >= 11 is 0. The first-order valence-electron chi connectivity index (χ1n) is 6.76. The minimum Gasteiger partial charge on any atom is -0.396 e. The van der Waals surface area contributed by atoms with Crippen LogP contribution in [0.5, 0.6) is 0 Å². The Balaban J connectivity index is 1.85. The second-order valence-electron chi connectivity index (χ2n) is 5.57. The lowest BCUT2D eigenvalue weighted by atomic mass is 10.1. The monoisotopic (exact) mass is 248 g/mol. The van der Waals surface area contributed by atoms with Gasteiger partial charge in [-0.15, -0.1) is 0 Å². The molecule has 1 saturated heterocycles. The summed E-state index contributed by atoms with van der Waals surface area (Å²) in [5.41, 5.74) is 7.79. The van der Waals surface area contributed by atoms with Crippen LogP contribution in [0, 0.1) is 12.8 Å². The van der Waals surface area contributed by atoms with Gasteiger partial charge in [0.2, 0.25) is 0 Å². The average Bonchev–Trinajstić information content (AvgIpc) is 2.76. The normalized spacial score (nSPS) is 20.6. The molecule has 1 aliphatic rings. The van der Waals surface area contributed by atoms with Crippen LogP contribution in [0.15, 0.2) is 12.3 Å². The van der Waals surface area contributed by atoms with Gasteiger partial charge in [-0.25, -0.2) is 4.98 Å². The van der Waals surface area contributed by atoms with E-state index in [1.807, 2.05) is 19.2 Å². The van der Waals surface area contributed by atoms with E-state index < -0.39 is 0 Å². The molecule has 0 aromatic carbocycles. The Morgan fingerprint density at radius 1 is 1.56 bits per heavy atom. The maximum Gasteiger partial charge on any atom is 0.149 e. The van der Waals surface area contributed by atoms with Crippen molar-refractivity contribution in [3.8, 4) is 0 Å². The molecule has 100 valence electrons. The van der Waals surface area contributed by atoms with E-state index >= 15 is 0 Å². The van der Waals surface area contributed by atoms with Crippen molar-refractivity contribution in [1.82, 2.24) is 9.88 Å². The van der Waals surface area contributed by atoms with Gasteiger partial charge in [0, 0.05) is 25.3 Å². The molecule has 0 bridgehead atoms. The van der Waals surface area contributed by atoms with Crippen LogP contribution in [-0.2, 0) is 0 Å². The van der Waals surface area contributed by atoms with Gasteiger partial charge in [-0.2, -0.15) is 0 Å². The van der Waals surface area contributed by atoms with Gasteiger partial charge in [0.25, 0.3) is 0 Å². The highest BCUT2D eigenvalue weighted by atomic mass is 15.2. The van der Waals surface area contributed by atoms with Crippen LogP contribution in [0.4, 0.5) is 11.5 Å². The summed E-state index contributed by atoms with van der Waals surface area (Å²) in [7, 11) is 0. The molecular weight excluding hydrogens is 224 g/mol. The molecule has 1 aromatic rings. The summed E-state index contributed by atoms with van der Waals surface area (Å²) in [6, 6.07) is 2.61. The van der Waals surface area contributed by atoms with Crippen molar-refractivity contribution in [2.24, 2.45) is 5.92 Å². The first-order valence-corrected chi connectivity index (χ1v) is 6.76. The zero-order valence-electron chi connectivity index (χ0n) is 11.6. The van der Waals surface area contributed by atoms with Crippen molar-refractivity contribution in [3.63, 3.8) is 0 Å². The van der Waals surface area contributed by atoms with Crippen LogP contribution in [0.3, 0.4) is 0 Å². The third-order valence-corrected chi connectivity index (χ3v) is 3.66. The second-order valence-corrected chi connectivity index (χ2v) is 5.57. The quantitative estimate of drug-likeness (QED) is 0.857. The molecule has 0 spiro atoms. The summed E-state index contributed by atoms with van der Waals surface area (Å²) in [5, 5.41) is 3.38. The van der Waals surface area contributed by atoms with Gasteiger partial charge in [0.1, 0.15) is 5.82 Å². The van der Waals surface area contributed by atoms with E-state index in [4.69, 9.17) is 5.73 Å². The number of nitrogens with two attached hydrogens (primary N) is 1. The van der Waals surface area contributed by atoms with Gasteiger partial charge in [-0.05, 0) is 51.3 Å². The molecule has 1 fully saturated rings. The Bertz CT molecular complexity index is 403. The Morgan fingerprint density at radius 2 is 2.33 bits per heavy atom. The molecule has 3 N–H and O–H groups in total. The first-order chi connectivity index (χ1) is 8.56. The molecule has 4 nitrogen and oxygen atoms in total. The molecule has 1 aromatic heterocycles. The number of rotatable bonds is 4. The Labute approximate surface area is 110 Å². The van der Waals surface area contributed by atoms with Crippen molar-refractivity contribution in [2.75, 3.05) is 30.7 Å². The molecule has 18 heavy (non-hydrogen) atoms. The number of nitrogen functional groups attached to an aromatic ring is 1.